The molecule has 0 radical (unpaired) electrons. The minimum absolute atomic E-state index is 0.119. The van der Waals surface area contributed by atoms with Crippen LogP contribution in [0.25, 0.3) is 0 Å². The molecule has 0 bridgehead atoms. The Bertz CT molecular complexity index is 549. The number of hydrogen-bond acceptors (Lipinski definition) is 4. The van der Waals surface area contributed by atoms with Crippen LogP contribution in [0.15, 0.2) is 18.2 Å². The Morgan fingerprint density at radius 1 is 1.50 bits per heavy atom. The second kappa shape index (κ2) is 6.23. The first-order valence-corrected chi connectivity index (χ1v) is 6.99. The minimum atomic E-state index is -3.91. The van der Waals surface area contributed by atoms with E-state index < -0.39 is 10.2 Å². The van der Waals surface area contributed by atoms with Crippen LogP contribution in [0.3, 0.4) is 0 Å². The molecular weight excluding hydrogens is 254 g/mol. The molecule has 0 heterocycles. The summed E-state index contributed by atoms with van der Waals surface area (Å²) in [4.78, 5) is 0. The van der Waals surface area contributed by atoms with Crippen molar-refractivity contribution in [3.8, 4) is 11.8 Å². The average molecular weight is 269 g/mol. The van der Waals surface area contributed by atoms with E-state index >= 15 is 0 Å². The summed E-state index contributed by atoms with van der Waals surface area (Å²) in [5.74, 6) is 0.347. The molecule has 0 atom stereocenters. The number of unbranched alkanes of at least 4 members (excludes halogenated alkanes) is 1. The molecule has 0 fully saturated rings. The first-order chi connectivity index (χ1) is 8.48. The third-order valence-corrected chi connectivity index (χ3v) is 2.65. The van der Waals surface area contributed by atoms with Crippen LogP contribution in [0, 0.1) is 11.3 Å². The fourth-order valence-corrected chi connectivity index (χ4v) is 1.81. The number of anilines is 1. The zero-order valence-electron chi connectivity index (χ0n) is 10.0. The molecule has 1 aromatic carbocycles. The number of ether oxygens (including phenoxy) is 1. The number of rotatable bonds is 6. The van der Waals surface area contributed by atoms with Gasteiger partial charge in [-0.1, -0.05) is 19.4 Å². The van der Waals surface area contributed by atoms with E-state index in [9.17, 15) is 8.42 Å². The molecular formula is C11H15N3O3S. The highest BCUT2D eigenvalue weighted by molar-refractivity contribution is 7.90. The topological polar surface area (TPSA) is 105 Å². The summed E-state index contributed by atoms with van der Waals surface area (Å²) in [6.07, 6.45) is 1.83. The molecule has 0 unspecified atom stereocenters. The van der Waals surface area contributed by atoms with Gasteiger partial charge in [0.2, 0.25) is 0 Å². The van der Waals surface area contributed by atoms with Crippen molar-refractivity contribution in [1.29, 1.82) is 5.26 Å². The van der Waals surface area contributed by atoms with Gasteiger partial charge < -0.3 is 4.74 Å². The predicted octanol–water partition coefficient (Wildman–Crippen LogP) is 1.35. The summed E-state index contributed by atoms with van der Waals surface area (Å²) in [7, 11) is -3.91. The van der Waals surface area contributed by atoms with Crippen LogP contribution in [-0.4, -0.2) is 15.0 Å². The standard InChI is InChI=1S/C11H15N3O3S/c1-2-3-7-17-11-6-4-5-10(9(11)8-12)14-18(13,15)16/h4-6,14H,2-3,7H2,1H3,(H2,13,15,16). The van der Waals surface area contributed by atoms with Gasteiger partial charge in [0.15, 0.2) is 0 Å². The highest BCUT2D eigenvalue weighted by Gasteiger charge is 2.12. The van der Waals surface area contributed by atoms with E-state index in [2.05, 4.69) is 4.72 Å². The maximum atomic E-state index is 11.0. The third kappa shape index (κ3) is 4.24. The van der Waals surface area contributed by atoms with Crippen LogP contribution in [0.4, 0.5) is 5.69 Å². The van der Waals surface area contributed by atoms with Crippen molar-refractivity contribution in [3.63, 3.8) is 0 Å². The van der Waals surface area contributed by atoms with E-state index in [1.807, 2.05) is 13.0 Å². The molecule has 1 aromatic rings. The van der Waals surface area contributed by atoms with E-state index in [1.54, 1.807) is 12.1 Å². The molecule has 0 saturated heterocycles. The van der Waals surface area contributed by atoms with Crippen molar-refractivity contribution >= 4 is 15.9 Å². The lowest BCUT2D eigenvalue weighted by Crippen LogP contribution is -2.22. The number of nitrogens with one attached hydrogen (secondary N) is 1. The molecule has 3 N–H and O–H groups in total. The van der Waals surface area contributed by atoms with E-state index in [0.29, 0.717) is 12.4 Å². The molecule has 7 heteroatoms. The van der Waals surface area contributed by atoms with Crippen molar-refractivity contribution < 1.29 is 13.2 Å². The first-order valence-electron chi connectivity index (χ1n) is 5.44. The maximum Gasteiger partial charge on any atom is 0.296 e. The van der Waals surface area contributed by atoms with Crippen molar-refractivity contribution in [1.82, 2.24) is 0 Å². The Balaban J connectivity index is 3.00. The maximum absolute atomic E-state index is 11.0. The van der Waals surface area contributed by atoms with Gasteiger partial charge in [-0.15, -0.1) is 0 Å². The van der Waals surface area contributed by atoms with Gasteiger partial charge in [0.25, 0.3) is 10.2 Å². The summed E-state index contributed by atoms with van der Waals surface area (Å²) >= 11 is 0. The molecule has 0 saturated carbocycles. The van der Waals surface area contributed by atoms with Crippen LogP contribution in [0.5, 0.6) is 5.75 Å². The van der Waals surface area contributed by atoms with Gasteiger partial charge >= 0.3 is 0 Å². The first kappa shape index (κ1) is 14.3. The largest absolute Gasteiger partial charge is 0.492 e. The monoisotopic (exact) mass is 269 g/mol. The number of benzene rings is 1. The van der Waals surface area contributed by atoms with Crippen LogP contribution in [0.1, 0.15) is 25.3 Å². The lowest BCUT2D eigenvalue weighted by atomic mass is 10.2. The van der Waals surface area contributed by atoms with Crippen LogP contribution >= 0.6 is 0 Å². The van der Waals surface area contributed by atoms with E-state index in [0.717, 1.165) is 12.8 Å². The Labute approximate surface area is 107 Å². The van der Waals surface area contributed by atoms with Crippen molar-refractivity contribution in [2.75, 3.05) is 11.3 Å². The molecule has 0 aromatic heterocycles. The van der Waals surface area contributed by atoms with Gasteiger partial charge in [-0.25, -0.2) is 5.14 Å². The molecule has 6 nitrogen and oxygen atoms in total. The summed E-state index contributed by atoms with van der Waals surface area (Å²) in [6.45, 7) is 2.50. The van der Waals surface area contributed by atoms with Gasteiger partial charge in [-0.3, -0.25) is 4.72 Å². The quantitative estimate of drug-likeness (QED) is 0.760. The van der Waals surface area contributed by atoms with Crippen molar-refractivity contribution in [3.05, 3.63) is 23.8 Å². The highest BCUT2D eigenvalue weighted by Crippen LogP contribution is 2.26. The summed E-state index contributed by atoms with van der Waals surface area (Å²) in [6, 6.07) is 6.57. The van der Waals surface area contributed by atoms with Gasteiger partial charge in [0, 0.05) is 0 Å². The van der Waals surface area contributed by atoms with E-state index in [-0.39, 0.29) is 11.3 Å². The summed E-state index contributed by atoms with van der Waals surface area (Å²) in [5.41, 5.74) is 0.247. The molecule has 0 aliphatic rings. The predicted molar refractivity (Wildman–Crippen MR) is 68.3 cm³/mol. The lowest BCUT2D eigenvalue weighted by molar-refractivity contribution is 0.308. The van der Waals surface area contributed by atoms with Crippen LogP contribution in [-0.2, 0) is 10.2 Å². The summed E-state index contributed by atoms with van der Waals surface area (Å²) in [5, 5.41) is 13.9. The zero-order valence-corrected chi connectivity index (χ0v) is 10.8. The average Bonchev–Trinajstić information content (AvgIpc) is 2.27. The Morgan fingerprint density at radius 3 is 2.78 bits per heavy atom. The SMILES string of the molecule is CCCCOc1cccc(NS(N)(=O)=O)c1C#N. The second-order valence-corrected chi connectivity index (χ2v) is 4.93. The van der Waals surface area contributed by atoms with E-state index in [1.165, 1.54) is 6.07 Å². The fraction of sp³-hybridized carbons (Fsp3) is 0.364. The smallest absolute Gasteiger partial charge is 0.296 e. The number of nitrogens with two attached hydrogens (primary N) is 1. The molecule has 0 spiro atoms. The molecule has 98 valence electrons. The molecule has 0 amide bonds. The molecule has 0 aliphatic carbocycles. The van der Waals surface area contributed by atoms with Gasteiger partial charge in [0.1, 0.15) is 17.4 Å². The van der Waals surface area contributed by atoms with Gasteiger partial charge in [0.05, 0.1) is 12.3 Å². The van der Waals surface area contributed by atoms with Gasteiger partial charge in [-0.05, 0) is 18.6 Å². The Hall–Kier alpha value is -1.78. The van der Waals surface area contributed by atoms with Crippen LogP contribution < -0.4 is 14.6 Å². The third-order valence-electron chi connectivity index (χ3n) is 2.15. The minimum Gasteiger partial charge on any atom is -0.492 e. The second-order valence-electron chi connectivity index (χ2n) is 3.64. The van der Waals surface area contributed by atoms with Gasteiger partial charge in [-0.2, -0.15) is 13.7 Å². The molecule has 1 rings (SSSR count). The molecule has 0 aliphatic heterocycles. The Morgan fingerprint density at radius 2 is 2.22 bits per heavy atom. The van der Waals surface area contributed by atoms with Crippen LogP contribution in [0.2, 0.25) is 0 Å². The lowest BCUT2D eigenvalue weighted by Gasteiger charge is -2.11. The molecule has 18 heavy (non-hydrogen) atoms. The van der Waals surface area contributed by atoms with Crippen molar-refractivity contribution in [2.45, 2.75) is 19.8 Å². The van der Waals surface area contributed by atoms with Crippen molar-refractivity contribution in [2.24, 2.45) is 5.14 Å². The number of hydrogen-bond donors (Lipinski definition) is 2. The fourth-order valence-electron chi connectivity index (χ4n) is 1.33. The number of nitriles is 1. The van der Waals surface area contributed by atoms with E-state index in [4.69, 9.17) is 15.1 Å². The Kier molecular flexibility index (Phi) is 4.95. The highest BCUT2D eigenvalue weighted by atomic mass is 32.2. The normalized spacial score (nSPS) is 10.7. The zero-order chi connectivity index (χ0) is 13.6. The summed E-state index contributed by atoms with van der Waals surface area (Å²) < 4.78 is 29.4. The number of nitrogens with zero attached hydrogens (tertiary/aromatic N) is 1.